The Morgan fingerprint density at radius 3 is 2.41 bits per heavy atom. The zero-order valence-corrected chi connectivity index (χ0v) is 23.8. The van der Waals surface area contributed by atoms with Crippen molar-refractivity contribution in [3.05, 3.63) is 93.5 Å². The van der Waals surface area contributed by atoms with Crippen LogP contribution < -0.4 is 14.8 Å². The summed E-state index contributed by atoms with van der Waals surface area (Å²) in [6.45, 7) is 5.18. The second-order valence-electron chi connectivity index (χ2n) is 9.76. The number of ether oxygens (including phenoxy) is 2. The molecule has 0 fully saturated rings. The number of rotatable bonds is 11. The quantitative estimate of drug-likeness (QED) is 0.297. The Morgan fingerprint density at radius 1 is 0.949 bits per heavy atom. The Kier molecular flexibility index (Phi) is 10.1. The number of carbonyl (C=O) groups is 2. The normalized spacial score (nSPS) is 13.8. The smallest absolute Gasteiger partial charge is 0.243 e. The molecule has 2 atom stereocenters. The number of benzene rings is 3. The number of amides is 2. The predicted molar refractivity (Wildman–Crippen MR) is 155 cm³/mol. The number of fused-ring (bicyclic) bond motifs is 1. The molecule has 0 bridgehead atoms. The largest absolute Gasteiger partial charge is 0.486 e. The Labute approximate surface area is 240 Å². The van der Waals surface area contributed by atoms with Crippen LogP contribution in [0.15, 0.2) is 66.7 Å². The highest BCUT2D eigenvalue weighted by Gasteiger charge is 2.31. The summed E-state index contributed by atoms with van der Waals surface area (Å²) >= 11 is 12.7. The molecule has 1 aliphatic heterocycles. The molecule has 3 aromatic rings. The third-order valence-electron chi connectivity index (χ3n) is 6.86. The van der Waals surface area contributed by atoms with Crippen molar-refractivity contribution in [3.63, 3.8) is 0 Å². The number of nitrogens with one attached hydrogen (secondary N) is 1. The van der Waals surface area contributed by atoms with E-state index in [1.807, 2.05) is 62.4 Å². The lowest BCUT2D eigenvalue weighted by molar-refractivity contribution is -0.141. The van der Waals surface area contributed by atoms with Gasteiger partial charge in [-0.05, 0) is 60.7 Å². The fraction of sp³-hybridized carbons (Fsp3) is 0.355. The molecule has 0 aromatic heterocycles. The summed E-state index contributed by atoms with van der Waals surface area (Å²) in [6, 6.07) is 19.9. The number of nitrogens with zero attached hydrogens (tertiary/aromatic N) is 1. The second kappa shape index (κ2) is 13.7. The Morgan fingerprint density at radius 2 is 1.69 bits per heavy atom. The van der Waals surface area contributed by atoms with E-state index < -0.39 is 6.04 Å². The molecule has 1 aliphatic rings. The number of hydrogen-bond donors (Lipinski definition) is 1. The van der Waals surface area contributed by atoms with Crippen LogP contribution in [-0.4, -0.2) is 42.0 Å². The molecule has 0 saturated heterocycles. The molecule has 1 N–H and O–H groups in total. The molecule has 0 spiro atoms. The number of hydrogen-bond acceptors (Lipinski definition) is 4. The summed E-state index contributed by atoms with van der Waals surface area (Å²) in [5, 5.41) is 4.05. The first-order valence-electron chi connectivity index (χ1n) is 13.3. The Balaban J connectivity index is 1.62. The minimum Gasteiger partial charge on any atom is -0.486 e. The van der Waals surface area contributed by atoms with Gasteiger partial charge in [-0.25, -0.2) is 0 Å². The monoisotopic (exact) mass is 568 g/mol. The van der Waals surface area contributed by atoms with Crippen molar-refractivity contribution in [2.75, 3.05) is 13.2 Å². The van der Waals surface area contributed by atoms with Crippen LogP contribution in [0, 0.1) is 0 Å². The van der Waals surface area contributed by atoms with Gasteiger partial charge < -0.3 is 19.7 Å². The van der Waals surface area contributed by atoms with Crippen LogP contribution in [-0.2, 0) is 29.0 Å². The highest BCUT2D eigenvalue weighted by atomic mass is 35.5. The van der Waals surface area contributed by atoms with Gasteiger partial charge in [0.15, 0.2) is 11.5 Å². The molecule has 3 aromatic carbocycles. The van der Waals surface area contributed by atoms with E-state index in [1.54, 1.807) is 23.1 Å². The van der Waals surface area contributed by atoms with E-state index in [0.717, 1.165) is 23.1 Å². The fourth-order valence-electron chi connectivity index (χ4n) is 4.47. The van der Waals surface area contributed by atoms with Gasteiger partial charge in [-0.3, -0.25) is 9.59 Å². The van der Waals surface area contributed by atoms with E-state index >= 15 is 0 Å². The molecule has 206 valence electrons. The fourth-order valence-corrected chi connectivity index (χ4v) is 4.93. The van der Waals surface area contributed by atoms with E-state index in [4.69, 9.17) is 32.7 Å². The van der Waals surface area contributed by atoms with E-state index in [0.29, 0.717) is 47.6 Å². The van der Waals surface area contributed by atoms with Crippen molar-refractivity contribution in [3.8, 4) is 11.5 Å². The molecule has 6 nitrogen and oxygen atoms in total. The van der Waals surface area contributed by atoms with Crippen LogP contribution in [0.5, 0.6) is 11.5 Å². The van der Waals surface area contributed by atoms with E-state index in [2.05, 4.69) is 5.32 Å². The maximum absolute atomic E-state index is 13.9. The first-order valence-corrected chi connectivity index (χ1v) is 14.1. The maximum atomic E-state index is 13.9. The highest BCUT2D eigenvalue weighted by molar-refractivity contribution is 6.35. The third-order valence-corrected chi connectivity index (χ3v) is 7.45. The van der Waals surface area contributed by atoms with Crippen LogP contribution in [0.1, 0.15) is 43.4 Å². The van der Waals surface area contributed by atoms with Crippen molar-refractivity contribution < 1.29 is 19.1 Å². The number of halogens is 2. The van der Waals surface area contributed by atoms with Gasteiger partial charge in [0.25, 0.3) is 0 Å². The third kappa shape index (κ3) is 7.90. The SMILES string of the molecule is CC[C@H](C)NC(=O)[C@H](Cc1ccccc1)N(Cc1ccc(Cl)cc1Cl)C(=O)CCc1ccc2c(c1)OCCO2. The van der Waals surface area contributed by atoms with E-state index in [-0.39, 0.29) is 30.8 Å². The minimum absolute atomic E-state index is 0.0236. The second-order valence-corrected chi connectivity index (χ2v) is 10.6. The Bertz CT molecular complexity index is 1280. The van der Waals surface area contributed by atoms with Gasteiger partial charge in [0.2, 0.25) is 11.8 Å². The molecule has 0 unspecified atom stereocenters. The lowest BCUT2D eigenvalue weighted by Crippen LogP contribution is -2.52. The van der Waals surface area contributed by atoms with E-state index in [9.17, 15) is 9.59 Å². The van der Waals surface area contributed by atoms with Gasteiger partial charge in [0, 0.05) is 35.5 Å². The molecule has 8 heteroatoms. The average Bonchev–Trinajstić information content (AvgIpc) is 2.94. The molecule has 4 rings (SSSR count). The van der Waals surface area contributed by atoms with Crippen molar-refractivity contribution in [2.24, 2.45) is 0 Å². The summed E-state index contributed by atoms with van der Waals surface area (Å²) < 4.78 is 11.3. The van der Waals surface area contributed by atoms with Gasteiger partial charge in [0.1, 0.15) is 19.3 Å². The van der Waals surface area contributed by atoms with Gasteiger partial charge in [-0.1, -0.05) is 72.6 Å². The topological polar surface area (TPSA) is 67.9 Å². The number of carbonyl (C=O) groups excluding carboxylic acids is 2. The van der Waals surface area contributed by atoms with Crippen molar-refractivity contribution >= 4 is 35.0 Å². The van der Waals surface area contributed by atoms with Crippen molar-refractivity contribution in [1.29, 1.82) is 0 Å². The lowest BCUT2D eigenvalue weighted by atomic mass is 10.0. The first kappa shape index (κ1) is 28.8. The van der Waals surface area contributed by atoms with Gasteiger partial charge in [-0.15, -0.1) is 0 Å². The van der Waals surface area contributed by atoms with Gasteiger partial charge in [-0.2, -0.15) is 0 Å². The van der Waals surface area contributed by atoms with Gasteiger partial charge in [0.05, 0.1) is 0 Å². The van der Waals surface area contributed by atoms with Crippen LogP contribution in [0.2, 0.25) is 10.0 Å². The zero-order chi connectivity index (χ0) is 27.8. The van der Waals surface area contributed by atoms with Crippen LogP contribution in [0.3, 0.4) is 0 Å². The minimum atomic E-state index is -0.721. The molecule has 0 aliphatic carbocycles. The molecule has 0 saturated carbocycles. The van der Waals surface area contributed by atoms with Gasteiger partial charge >= 0.3 is 0 Å². The average molecular weight is 570 g/mol. The first-order chi connectivity index (χ1) is 18.8. The van der Waals surface area contributed by atoms with E-state index in [1.165, 1.54) is 0 Å². The van der Waals surface area contributed by atoms with Crippen LogP contribution in [0.25, 0.3) is 0 Å². The number of aryl methyl sites for hydroxylation is 1. The molecule has 0 radical (unpaired) electrons. The van der Waals surface area contributed by atoms with Crippen LogP contribution >= 0.6 is 23.2 Å². The molecule has 2 amide bonds. The standard InChI is InChI=1S/C31H34Cl2N2O4/c1-3-21(2)34-31(37)27(17-22-7-5-4-6-8-22)35(20-24-11-12-25(32)19-26(24)33)30(36)14-10-23-9-13-28-29(18-23)39-16-15-38-28/h4-9,11-13,18-19,21,27H,3,10,14-17,20H2,1-2H3,(H,34,37)/t21-,27-/m0/s1. The summed E-state index contributed by atoms with van der Waals surface area (Å²) in [4.78, 5) is 29.2. The summed E-state index contributed by atoms with van der Waals surface area (Å²) in [6.07, 6.45) is 1.87. The summed E-state index contributed by atoms with van der Waals surface area (Å²) in [7, 11) is 0. The lowest BCUT2D eigenvalue weighted by Gasteiger charge is -2.32. The summed E-state index contributed by atoms with van der Waals surface area (Å²) in [5.74, 6) is 1.06. The molecule has 1 heterocycles. The predicted octanol–water partition coefficient (Wildman–Crippen LogP) is 6.25. The Hall–Kier alpha value is -3.22. The molecular formula is C31H34Cl2N2O4. The highest BCUT2D eigenvalue weighted by Crippen LogP contribution is 2.31. The maximum Gasteiger partial charge on any atom is 0.243 e. The molecule has 39 heavy (non-hydrogen) atoms. The molecular weight excluding hydrogens is 535 g/mol. The van der Waals surface area contributed by atoms with Crippen molar-refractivity contribution in [2.45, 2.75) is 58.2 Å². The van der Waals surface area contributed by atoms with Crippen molar-refractivity contribution in [1.82, 2.24) is 10.2 Å². The zero-order valence-electron chi connectivity index (χ0n) is 22.3. The van der Waals surface area contributed by atoms with Crippen LogP contribution in [0.4, 0.5) is 0 Å². The summed E-state index contributed by atoms with van der Waals surface area (Å²) in [5.41, 5.74) is 2.65.